The van der Waals surface area contributed by atoms with E-state index in [2.05, 4.69) is 20.0 Å². The van der Waals surface area contributed by atoms with Crippen molar-refractivity contribution in [3.63, 3.8) is 0 Å². The average molecular weight is 264 g/mol. The Hall–Kier alpha value is -0.910. The van der Waals surface area contributed by atoms with Crippen LogP contribution in [0, 0.1) is 0 Å². The Kier molecular flexibility index (Phi) is 4.48. The molecule has 1 aromatic rings. The molecule has 5 nitrogen and oxygen atoms in total. The fraction of sp³-hybridized carbons (Fsp3) is 0.786. The maximum absolute atomic E-state index is 5.35. The lowest BCUT2D eigenvalue weighted by atomic mass is 10.1. The minimum atomic E-state index is 0.886. The zero-order valence-corrected chi connectivity index (χ0v) is 11.6. The van der Waals surface area contributed by atoms with Gasteiger partial charge in [-0.1, -0.05) is 0 Å². The molecule has 2 aliphatic rings. The van der Waals surface area contributed by atoms with E-state index in [1.807, 2.05) is 6.20 Å². The molecule has 0 amide bonds. The minimum absolute atomic E-state index is 0.886. The maximum Gasteiger partial charge on any atom is 0.0594 e. The molecule has 1 aromatic heterocycles. The van der Waals surface area contributed by atoms with Crippen molar-refractivity contribution in [2.24, 2.45) is 0 Å². The van der Waals surface area contributed by atoms with Crippen molar-refractivity contribution in [3.8, 4) is 0 Å². The Morgan fingerprint density at radius 3 is 3.00 bits per heavy atom. The second-order valence-electron chi connectivity index (χ2n) is 5.43. The molecule has 5 heteroatoms. The van der Waals surface area contributed by atoms with Gasteiger partial charge in [-0.3, -0.25) is 9.58 Å². The lowest BCUT2D eigenvalue weighted by Gasteiger charge is -2.26. The molecule has 1 saturated heterocycles. The van der Waals surface area contributed by atoms with Crippen LogP contribution in [-0.4, -0.2) is 54.1 Å². The van der Waals surface area contributed by atoms with E-state index < -0.39 is 0 Å². The highest BCUT2D eigenvalue weighted by atomic mass is 16.5. The van der Waals surface area contributed by atoms with E-state index in [-0.39, 0.29) is 0 Å². The highest BCUT2D eigenvalue weighted by molar-refractivity contribution is 5.18. The van der Waals surface area contributed by atoms with Crippen molar-refractivity contribution in [2.75, 3.05) is 39.4 Å². The summed E-state index contributed by atoms with van der Waals surface area (Å²) in [4.78, 5) is 2.46. The molecule has 1 fully saturated rings. The molecule has 0 bridgehead atoms. The van der Waals surface area contributed by atoms with E-state index in [9.17, 15) is 0 Å². The normalized spacial score (nSPS) is 20.4. The molecule has 2 aliphatic heterocycles. The first-order valence-corrected chi connectivity index (χ1v) is 7.48. The second kappa shape index (κ2) is 6.50. The summed E-state index contributed by atoms with van der Waals surface area (Å²) >= 11 is 0. The first-order chi connectivity index (χ1) is 9.43. The molecule has 0 unspecified atom stereocenters. The summed E-state index contributed by atoms with van der Waals surface area (Å²) < 4.78 is 7.54. The van der Waals surface area contributed by atoms with Gasteiger partial charge in [-0.15, -0.1) is 0 Å². The van der Waals surface area contributed by atoms with Crippen LogP contribution >= 0.6 is 0 Å². The second-order valence-corrected chi connectivity index (χ2v) is 5.43. The highest BCUT2D eigenvalue weighted by Gasteiger charge is 2.14. The summed E-state index contributed by atoms with van der Waals surface area (Å²) in [5.74, 6) is 0. The van der Waals surface area contributed by atoms with Gasteiger partial charge in [0, 0.05) is 50.5 Å². The number of morpholine rings is 1. The van der Waals surface area contributed by atoms with Crippen molar-refractivity contribution < 1.29 is 4.74 Å². The first-order valence-electron chi connectivity index (χ1n) is 7.48. The number of aromatic nitrogens is 2. The maximum atomic E-state index is 5.35. The molecule has 0 aliphatic carbocycles. The van der Waals surface area contributed by atoms with E-state index in [4.69, 9.17) is 4.74 Å². The molecule has 0 radical (unpaired) electrons. The summed E-state index contributed by atoms with van der Waals surface area (Å²) in [7, 11) is 0. The van der Waals surface area contributed by atoms with Gasteiger partial charge >= 0.3 is 0 Å². The standard InChI is InChI=1S/C14H24N4O/c1-2-5-18-14(3-1)13(12-16-18)11-15-4-6-17-7-9-19-10-8-17/h12,15H,1-11H2. The Morgan fingerprint density at radius 2 is 2.11 bits per heavy atom. The van der Waals surface area contributed by atoms with E-state index in [0.717, 1.165) is 52.5 Å². The first kappa shape index (κ1) is 13.1. The zero-order valence-electron chi connectivity index (χ0n) is 11.6. The molecular weight excluding hydrogens is 240 g/mol. The molecule has 1 N–H and O–H groups in total. The van der Waals surface area contributed by atoms with Gasteiger partial charge in [-0.2, -0.15) is 5.10 Å². The quantitative estimate of drug-likeness (QED) is 0.793. The van der Waals surface area contributed by atoms with Crippen molar-refractivity contribution in [3.05, 3.63) is 17.5 Å². The van der Waals surface area contributed by atoms with Crippen molar-refractivity contribution in [1.82, 2.24) is 20.0 Å². The number of rotatable bonds is 5. The van der Waals surface area contributed by atoms with Gasteiger partial charge in [0.25, 0.3) is 0 Å². The van der Waals surface area contributed by atoms with Crippen LogP contribution in [0.1, 0.15) is 24.1 Å². The molecule has 0 saturated carbocycles. The van der Waals surface area contributed by atoms with E-state index in [1.165, 1.54) is 30.5 Å². The average Bonchev–Trinajstić information content (AvgIpc) is 2.88. The van der Waals surface area contributed by atoms with E-state index >= 15 is 0 Å². The molecule has 0 atom stereocenters. The fourth-order valence-electron chi connectivity index (χ4n) is 2.92. The molecule has 19 heavy (non-hydrogen) atoms. The fourth-order valence-corrected chi connectivity index (χ4v) is 2.92. The van der Waals surface area contributed by atoms with Crippen LogP contribution in [0.25, 0.3) is 0 Å². The van der Waals surface area contributed by atoms with Gasteiger partial charge in [0.2, 0.25) is 0 Å². The summed E-state index contributed by atoms with van der Waals surface area (Å²) in [6, 6.07) is 0. The predicted octanol–water partition coefficient (Wildman–Crippen LogP) is 0.641. The number of ether oxygens (including phenoxy) is 1. The molecule has 0 spiro atoms. The SMILES string of the molecule is c1nn2c(c1CNCCN1CCOCC1)CCCC2. The molecule has 3 heterocycles. The van der Waals surface area contributed by atoms with Crippen LogP contribution in [0.4, 0.5) is 0 Å². The van der Waals surface area contributed by atoms with Crippen LogP contribution < -0.4 is 5.32 Å². The summed E-state index contributed by atoms with van der Waals surface area (Å²) in [6.45, 7) is 8.14. The van der Waals surface area contributed by atoms with Crippen LogP contribution in [0.15, 0.2) is 6.20 Å². The Morgan fingerprint density at radius 1 is 1.21 bits per heavy atom. The summed E-state index contributed by atoms with van der Waals surface area (Å²) in [5, 5.41) is 8.02. The van der Waals surface area contributed by atoms with Crippen molar-refractivity contribution in [1.29, 1.82) is 0 Å². The van der Waals surface area contributed by atoms with Crippen LogP contribution in [0.3, 0.4) is 0 Å². The predicted molar refractivity (Wildman–Crippen MR) is 74.1 cm³/mol. The minimum Gasteiger partial charge on any atom is -0.379 e. The lowest BCUT2D eigenvalue weighted by Crippen LogP contribution is -2.40. The number of nitrogens with one attached hydrogen (secondary N) is 1. The van der Waals surface area contributed by atoms with E-state index in [0.29, 0.717) is 0 Å². The van der Waals surface area contributed by atoms with Crippen LogP contribution in [0.2, 0.25) is 0 Å². The Balaban J connectivity index is 1.41. The smallest absolute Gasteiger partial charge is 0.0594 e. The number of hydrogen-bond donors (Lipinski definition) is 1. The lowest BCUT2D eigenvalue weighted by molar-refractivity contribution is 0.0384. The van der Waals surface area contributed by atoms with Crippen LogP contribution in [0.5, 0.6) is 0 Å². The third-order valence-corrected chi connectivity index (χ3v) is 4.09. The molecule has 3 rings (SSSR count). The number of hydrogen-bond acceptors (Lipinski definition) is 4. The highest BCUT2D eigenvalue weighted by Crippen LogP contribution is 2.17. The van der Waals surface area contributed by atoms with Gasteiger partial charge < -0.3 is 10.1 Å². The van der Waals surface area contributed by atoms with Gasteiger partial charge in [0.1, 0.15) is 0 Å². The molecular formula is C14H24N4O. The summed E-state index contributed by atoms with van der Waals surface area (Å²) in [5.41, 5.74) is 2.84. The van der Waals surface area contributed by atoms with Crippen molar-refractivity contribution in [2.45, 2.75) is 32.4 Å². The number of fused-ring (bicyclic) bond motifs is 1. The van der Waals surface area contributed by atoms with Crippen LogP contribution in [-0.2, 0) is 24.2 Å². The Labute approximate surface area is 114 Å². The largest absolute Gasteiger partial charge is 0.379 e. The number of aryl methyl sites for hydroxylation is 1. The monoisotopic (exact) mass is 264 g/mol. The topological polar surface area (TPSA) is 42.3 Å². The third-order valence-electron chi connectivity index (χ3n) is 4.09. The van der Waals surface area contributed by atoms with Gasteiger partial charge in [0.15, 0.2) is 0 Å². The molecule has 106 valence electrons. The zero-order chi connectivity index (χ0) is 12.9. The van der Waals surface area contributed by atoms with Gasteiger partial charge in [-0.25, -0.2) is 0 Å². The molecule has 0 aromatic carbocycles. The van der Waals surface area contributed by atoms with Gasteiger partial charge in [0.05, 0.1) is 19.4 Å². The Bertz CT molecular complexity index is 398. The third kappa shape index (κ3) is 3.35. The van der Waals surface area contributed by atoms with Crippen molar-refractivity contribution >= 4 is 0 Å². The number of nitrogens with zero attached hydrogens (tertiary/aromatic N) is 3. The van der Waals surface area contributed by atoms with E-state index in [1.54, 1.807) is 0 Å². The van der Waals surface area contributed by atoms with Gasteiger partial charge in [-0.05, 0) is 19.3 Å². The summed E-state index contributed by atoms with van der Waals surface area (Å²) in [6.07, 6.45) is 5.83.